The molecule has 140 valence electrons. The highest BCUT2D eigenvalue weighted by Gasteiger charge is 2.18. The molecule has 0 bridgehead atoms. The normalized spacial score (nSPS) is 11.4. The molecule has 2 aromatic carbocycles. The first-order valence-corrected chi connectivity index (χ1v) is 9.58. The maximum atomic E-state index is 13.0. The standard InChI is InChI=1S/C18H22FN3O3S/c1-22(2)13-5-12-20-18(23)16-6-3-4-7-17(16)21-26(24,25)15-10-8-14(19)9-11-15/h3-4,6-11,21H,5,12-13H2,1-2H3,(H,20,23). The number of para-hydroxylation sites is 1. The Morgan fingerprint density at radius 1 is 1.08 bits per heavy atom. The van der Waals surface area contributed by atoms with Crippen LogP contribution in [0.15, 0.2) is 53.4 Å². The molecule has 0 aliphatic rings. The number of rotatable bonds is 8. The maximum Gasteiger partial charge on any atom is 0.261 e. The minimum absolute atomic E-state index is 0.0832. The van der Waals surface area contributed by atoms with Gasteiger partial charge >= 0.3 is 0 Å². The van der Waals surface area contributed by atoms with Gasteiger partial charge in [0.2, 0.25) is 0 Å². The average Bonchev–Trinajstić information content (AvgIpc) is 2.59. The summed E-state index contributed by atoms with van der Waals surface area (Å²) in [6, 6.07) is 10.8. The first-order chi connectivity index (χ1) is 12.3. The van der Waals surface area contributed by atoms with Crippen LogP contribution >= 0.6 is 0 Å². The number of nitrogens with zero attached hydrogens (tertiary/aromatic N) is 1. The van der Waals surface area contributed by atoms with Crippen LogP contribution < -0.4 is 10.0 Å². The Labute approximate surface area is 153 Å². The summed E-state index contributed by atoms with van der Waals surface area (Å²) in [5.74, 6) is -0.886. The summed E-state index contributed by atoms with van der Waals surface area (Å²) in [6.45, 7) is 1.31. The van der Waals surface area contributed by atoms with E-state index in [2.05, 4.69) is 10.0 Å². The van der Waals surface area contributed by atoms with Crippen LogP contribution in [0, 0.1) is 5.82 Å². The second-order valence-corrected chi connectivity index (χ2v) is 7.70. The van der Waals surface area contributed by atoms with Gasteiger partial charge < -0.3 is 10.2 Å². The highest BCUT2D eigenvalue weighted by molar-refractivity contribution is 7.92. The van der Waals surface area contributed by atoms with Crippen molar-refractivity contribution in [2.45, 2.75) is 11.3 Å². The molecule has 0 radical (unpaired) electrons. The molecule has 2 aromatic rings. The largest absolute Gasteiger partial charge is 0.352 e. The zero-order valence-electron chi connectivity index (χ0n) is 14.7. The number of anilines is 1. The Morgan fingerprint density at radius 2 is 1.73 bits per heavy atom. The van der Waals surface area contributed by atoms with E-state index >= 15 is 0 Å². The molecule has 0 atom stereocenters. The lowest BCUT2D eigenvalue weighted by molar-refractivity contribution is 0.0953. The van der Waals surface area contributed by atoms with Gasteiger partial charge in [0.25, 0.3) is 15.9 Å². The van der Waals surface area contributed by atoms with Gasteiger partial charge in [-0.1, -0.05) is 12.1 Å². The molecule has 0 saturated heterocycles. The van der Waals surface area contributed by atoms with Crippen LogP contribution in [-0.2, 0) is 10.0 Å². The van der Waals surface area contributed by atoms with Crippen LogP contribution in [0.2, 0.25) is 0 Å². The number of sulfonamides is 1. The minimum Gasteiger partial charge on any atom is -0.352 e. The quantitative estimate of drug-likeness (QED) is 0.690. The van der Waals surface area contributed by atoms with E-state index in [0.717, 1.165) is 25.1 Å². The SMILES string of the molecule is CN(C)CCCNC(=O)c1ccccc1NS(=O)(=O)c1ccc(F)cc1. The molecule has 26 heavy (non-hydrogen) atoms. The molecular weight excluding hydrogens is 357 g/mol. The Kier molecular flexibility index (Phi) is 6.70. The van der Waals surface area contributed by atoms with Gasteiger partial charge in [-0.3, -0.25) is 9.52 Å². The predicted molar refractivity (Wildman–Crippen MR) is 99.2 cm³/mol. The topological polar surface area (TPSA) is 78.5 Å². The van der Waals surface area contributed by atoms with Crippen molar-refractivity contribution in [3.05, 3.63) is 59.9 Å². The maximum absolute atomic E-state index is 13.0. The summed E-state index contributed by atoms with van der Waals surface area (Å²) < 4.78 is 40.3. The molecule has 0 heterocycles. The van der Waals surface area contributed by atoms with Gasteiger partial charge in [0, 0.05) is 6.54 Å². The van der Waals surface area contributed by atoms with Crippen molar-refractivity contribution < 1.29 is 17.6 Å². The molecule has 0 aliphatic heterocycles. The van der Waals surface area contributed by atoms with Crippen LogP contribution in [0.1, 0.15) is 16.8 Å². The van der Waals surface area contributed by atoms with E-state index in [-0.39, 0.29) is 22.1 Å². The molecule has 0 saturated carbocycles. The molecule has 6 nitrogen and oxygen atoms in total. The van der Waals surface area contributed by atoms with E-state index in [1.165, 1.54) is 18.2 Å². The van der Waals surface area contributed by atoms with Gasteiger partial charge in [0.1, 0.15) is 5.82 Å². The number of halogens is 1. The third kappa shape index (κ3) is 5.53. The van der Waals surface area contributed by atoms with Gasteiger partial charge in [0.15, 0.2) is 0 Å². The molecule has 0 fully saturated rings. The van der Waals surface area contributed by atoms with Crippen molar-refractivity contribution in [3.8, 4) is 0 Å². The third-order valence-corrected chi connectivity index (χ3v) is 4.99. The van der Waals surface area contributed by atoms with Crippen molar-refractivity contribution in [3.63, 3.8) is 0 Å². The average molecular weight is 379 g/mol. The number of carbonyl (C=O) groups is 1. The molecule has 0 aliphatic carbocycles. The lowest BCUT2D eigenvalue weighted by Gasteiger charge is -2.13. The van der Waals surface area contributed by atoms with E-state index in [1.807, 2.05) is 19.0 Å². The van der Waals surface area contributed by atoms with E-state index < -0.39 is 15.8 Å². The Balaban J connectivity index is 2.13. The molecule has 2 N–H and O–H groups in total. The molecule has 2 rings (SSSR count). The second kappa shape index (κ2) is 8.77. The number of carbonyl (C=O) groups excluding carboxylic acids is 1. The third-order valence-electron chi connectivity index (χ3n) is 3.61. The summed E-state index contributed by atoms with van der Waals surface area (Å²) in [6.07, 6.45) is 0.780. The number of hydrogen-bond acceptors (Lipinski definition) is 4. The molecule has 0 spiro atoms. The number of benzene rings is 2. The van der Waals surface area contributed by atoms with Crippen LogP contribution in [0.25, 0.3) is 0 Å². The monoisotopic (exact) mass is 379 g/mol. The van der Waals surface area contributed by atoms with E-state index in [9.17, 15) is 17.6 Å². The summed E-state index contributed by atoms with van der Waals surface area (Å²) in [4.78, 5) is 14.3. The first-order valence-electron chi connectivity index (χ1n) is 8.10. The second-order valence-electron chi connectivity index (χ2n) is 6.02. The van der Waals surface area contributed by atoms with Crippen molar-refractivity contribution in [1.29, 1.82) is 0 Å². The fourth-order valence-corrected chi connectivity index (χ4v) is 3.36. The van der Waals surface area contributed by atoms with Crippen LogP contribution in [0.4, 0.5) is 10.1 Å². The van der Waals surface area contributed by atoms with E-state index in [1.54, 1.807) is 18.2 Å². The lowest BCUT2D eigenvalue weighted by Crippen LogP contribution is -2.28. The summed E-state index contributed by atoms with van der Waals surface area (Å²) in [5, 5.41) is 2.78. The summed E-state index contributed by atoms with van der Waals surface area (Å²) >= 11 is 0. The molecule has 0 aromatic heterocycles. The van der Waals surface area contributed by atoms with Crippen LogP contribution in [-0.4, -0.2) is 46.4 Å². The molecule has 8 heteroatoms. The highest BCUT2D eigenvalue weighted by Crippen LogP contribution is 2.20. The fraction of sp³-hybridized carbons (Fsp3) is 0.278. The smallest absolute Gasteiger partial charge is 0.261 e. The van der Waals surface area contributed by atoms with Gasteiger partial charge in [-0.05, 0) is 63.5 Å². The number of nitrogens with one attached hydrogen (secondary N) is 2. The van der Waals surface area contributed by atoms with Gasteiger partial charge in [0.05, 0.1) is 16.1 Å². The molecule has 1 amide bonds. The van der Waals surface area contributed by atoms with Crippen LogP contribution in [0.5, 0.6) is 0 Å². The molecular formula is C18H22FN3O3S. The fourth-order valence-electron chi connectivity index (χ4n) is 2.28. The van der Waals surface area contributed by atoms with Crippen molar-refractivity contribution in [2.75, 3.05) is 31.9 Å². The predicted octanol–water partition coefficient (Wildman–Crippen LogP) is 2.31. The van der Waals surface area contributed by atoms with Crippen molar-refractivity contribution in [1.82, 2.24) is 10.2 Å². The van der Waals surface area contributed by atoms with E-state index in [0.29, 0.717) is 6.54 Å². The number of hydrogen-bond donors (Lipinski definition) is 2. The van der Waals surface area contributed by atoms with E-state index in [4.69, 9.17) is 0 Å². The Morgan fingerprint density at radius 3 is 2.38 bits per heavy atom. The molecule has 0 unspecified atom stereocenters. The van der Waals surface area contributed by atoms with Crippen molar-refractivity contribution in [2.24, 2.45) is 0 Å². The summed E-state index contributed by atoms with van der Waals surface area (Å²) in [5.41, 5.74) is 0.393. The zero-order valence-corrected chi connectivity index (χ0v) is 15.5. The first kappa shape index (κ1) is 19.9. The van der Waals surface area contributed by atoms with Gasteiger partial charge in [-0.25, -0.2) is 12.8 Å². The van der Waals surface area contributed by atoms with Crippen molar-refractivity contribution >= 4 is 21.6 Å². The zero-order chi connectivity index (χ0) is 19.2. The number of amides is 1. The van der Waals surface area contributed by atoms with Gasteiger partial charge in [-0.2, -0.15) is 0 Å². The van der Waals surface area contributed by atoms with Crippen LogP contribution in [0.3, 0.4) is 0 Å². The Hall–Kier alpha value is -2.45. The summed E-state index contributed by atoms with van der Waals surface area (Å²) in [7, 11) is -0.0343. The highest BCUT2D eigenvalue weighted by atomic mass is 32.2. The minimum atomic E-state index is -3.93. The van der Waals surface area contributed by atoms with Gasteiger partial charge in [-0.15, -0.1) is 0 Å². The lowest BCUT2D eigenvalue weighted by atomic mass is 10.1. The Bertz CT molecular complexity index is 852.